The molecule has 25 heavy (non-hydrogen) atoms. The molecule has 1 aromatic carbocycles. The summed E-state index contributed by atoms with van der Waals surface area (Å²) in [7, 11) is -0.564. The van der Waals surface area contributed by atoms with Crippen LogP contribution in [0.5, 0.6) is 0 Å². The summed E-state index contributed by atoms with van der Waals surface area (Å²) in [5.41, 5.74) is 8.03. The Morgan fingerprint density at radius 1 is 1.28 bits per heavy atom. The molecular formula is C18H26BClN2O3. The molecule has 0 spiro atoms. The number of anilines is 1. The highest BCUT2D eigenvalue weighted by Crippen LogP contribution is 2.39. The number of nitrogens with one attached hydrogen (secondary N) is 1. The lowest BCUT2D eigenvalue weighted by molar-refractivity contribution is -0.118. The Balaban J connectivity index is 2.40. The van der Waals surface area contributed by atoms with E-state index < -0.39 is 18.3 Å². The first-order valence-corrected chi connectivity index (χ1v) is 8.67. The van der Waals surface area contributed by atoms with Crippen molar-refractivity contribution in [3.63, 3.8) is 0 Å². The third-order valence-corrected chi connectivity index (χ3v) is 5.40. The average molecular weight is 365 g/mol. The number of carbonyl (C=O) groups is 1. The molecule has 1 amide bonds. The van der Waals surface area contributed by atoms with Crippen LogP contribution in [0.15, 0.2) is 17.6 Å². The molecule has 136 valence electrons. The van der Waals surface area contributed by atoms with Crippen LogP contribution in [0.3, 0.4) is 0 Å². The fourth-order valence-electron chi connectivity index (χ4n) is 2.46. The first kappa shape index (κ1) is 19.8. The van der Waals surface area contributed by atoms with Gasteiger partial charge in [-0.3, -0.25) is 4.79 Å². The van der Waals surface area contributed by atoms with Crippen molar-refractivity contribution < 1.29 is 14.1 Å². The minimum absolute atomic E-state index is 0.123. The van der Waals surface area contributed by atoms with Crippen LogP contribution in [0, 0.1) is 6.92 Å². The molecule has 1 aliphatic rings. The van der Waals surface area contributed by atoms with Gasteiger partial charge in [0.1, 0.15) is 0 Å². The van der Waals surface area contributed by atoms with Gasteiger partial charge in [-0.05, 0) is 57.3 Å². The molecule has 0 unspecified atom stereocenters. The molecule has 0 radical (unpaired) electrons. The molecule has 3 N–H and O–H groups in total. The van der Waals surface area contributed by atoms with Crippen molar-refractivity contribution in [2.45, 2.75) is 52.7 Å². The summed E-state index contributed by atoms with van der Waals surface area (Å²) >= 11 is 6.43. The van der Waals surface area contributed by atoms with Crippen LogP contribution < -0.4 is 11.1 Å². The topological polar surface area (TPSA) is 73.6 Å². The van der Waals surface area contributed by atoms with E-state index in [1.54, 1.807) is 0 Å². The van der Waals surface area contributed by atoms with Gasteiger partial charge < -0.3 is 20.4 Å². The second kappa shape index (κ2) is 7.02. The highest BCUT2D eigenvalue weighted by atomic mass is 35.5. The molecule has 0 aromatic heterocycles. The van der Waals surface area contributed by atoms with E-state index in [1.807, 2.05) is 52.8 Å². The summed E-state index contributed by atoms with van der Waals surface area (Å²) in [6, 6.07) is 3.66. The molecule has 0 bridgehead atoms. The van der Waals surface area contributed by atoms with E-state index in [4.69, 9.17) is 26.6 Å². The number of amides is 1. The van der Waals surface area contributed by atoms with Gasteiger partial charge in [0.2, 0.25) is 5.91 Å². The SMILES string of the molecule is CC(=O)NCC(=Cc1ccc(N)c(C)c1Cl)B1OC(C)(C)C(C)(C)O1. The van der Waals surface area contributed by atoms with Crippen molar-refractivity contribution in [3.05, 3.63) is 33.8 Å². The third kappa shape index (κ3) is 4.19. The van der Waals surface area contributed by atoms with Gasteiger partial charge >= 0.3 is 7.12 Å². The normalized spacial score (nSPS) is 19.2. The van der Waals surface area contributed by atoms with Crippen LogP contribution >= 0.6 is 11.6 Å². The van der Waals surface area contributed by atoms with Crippen LogP contribution in [0.4, 0.5) is 5.69 Å². The zero-order valence-corrected chi connectivity index (χ0v) is 16.5. The Morgan fingerprint density at radius 3 is 2.36 bits per heavy atom. The molecule has 1 heterocycles. The second-order valence-corrected chi connectivity index (χ2v) is 7.78. The highest BCUT2D eigenvalue weighted by molar-refractivity contribution is 6.56. The Bertz CT molecular complexity index is 701. The molecule has 1 saturated heterocycles. The van der Waals surface area contributed by atoms with Gasteiger partial charge in [0, 0.05) is 19.2 Å². The molecule has 1 fully saturated rings. The van der Waals surface area contributed by atoms with Gasteiger partial charge in [-0.1, -0.05) is 23.7 Å². The summed E-state index contributed by atoms with van der Waals surface area (Å²) in [5.74, 6) is -0.123. The van der Waals surface area contributed by atoms with E-state index in [1.165, 1.54) is 6.92 Å². The minimum Gasteiger partial charge on any atom is -0.400 e. The molecule has 0 aliphatic carbocycles. The van der Waals surface area contributed by atoms with Gasteiger partial charge in [0.05, 0.1) is 16.2 Å². The lowest BCUT2D eigenvalue weighted by Gasteiger charge is -2.32. The van der Waals surface area contributed by atoms with Crippen molar-refractivity contribution in [1.82, 2.24) is 5.32 Å². The molecule has 2 rings (SSSR count). The Kier molecular flexibility index (Phi) is 5.57. The van der Waals surface area contributed by atoms with Crippen LogP contribution in [0.2, 0.25) is 5.02 Å². The second-order valence-electron chi connectivity index (χ2n) is 7.40. The Hall–Kier alpha value is -1.50. The van der Waals surface area contributed by atoms with Crippen LogP contribution in [-0.2, 0) is 14.1 Å². The van der Waals surface area contributed by atoms with Gasteiger partial charge in [-0.15, -0.1) is 0 Å². The van der Waals surface area contributed by atoms with E-state index in [0.717, 1.165) is 16.6 Å². The fraction of sp³-hybridized carbons (Fsp3) is 0.500. The molecule has 1 aliphatic heterocycles. The monoisotopic (exact) mass is 364 g/mol. The quantitative estimate of drug-likeness (QED) is 0.634. The zero-order valence-electron chi connectivity index (χ0n) is 15.7. The van der Waals surface area contributed by atoms with E-state index in [-0.39, 0.29) is 5.91 Å². The lowest BCUT2D eigenvalue weighted by Crippen LogP contribution is -2.41. The Morgan fingerprint density at radius 2 is 1.84 bits per heavy atom. The number of nitrogens with two attached hydrogens (primary N) is 1. The summed E-state index contributed by atoms with van der Waals surface area (Å²) < 4.78 is 12.2. The first-order valence-electron chi connectivity index (χ1n) is 8.30. The maximum absolute atomic E-state index is 11.4. The van der Waals surface area contributed by atoms with Crippen molar-refractivity contribution in [2.75, 3.05) is 12.3 Å². The summed E-state index contributed by atoms with van der Waals surface area (Å²) in [6.07, 6.45) is 1.90. The van der Waals surface area contributed by atoms with Crippen LogP contribution in [-0.4, -0.2) is 30.8 Å². The highest BCUT2D eigenvalue weighted by Gasteiger charge is 2.52. The molecular weight excluding hydrogens is 338 g/mol. The molecule has 0 atom stereocenters. The predicted molar refractivity (Wildman–Crippen MR) is 103 cm³/mol. The third-order valence-electron chi connectivity index (χ3n) is 4.90. The van der Waals surface area contributed by atoms with Crippen molar-refractivity contribution in [3.8, 4) is 0 Å². The number of rotatable bonds is 4. The van der Waals surface area contributed by atoms with E-state index in [9.17, 15) is 4.79 Å². The molecule has 0 saturated carbocycles. The number of halogens is 1. The largest absolute Gasteiger partial charge is 0.492 e. The maximum atomic E-state index is 11.4. The smallest absolute Gasteiger partial charge is 0.400 e. The number of hydrogen-bond acceptors (Lipinski definition) is 4. The molecule has 1 aromatic rings. The van der Waals surface area contributed by atoms with Crippen LogP contribution in [0.1, 0.15) is 45.7 Å². The molecule has 5 nitrogen and oxygen atoms in total. The number of benzene rings is 1. The van der Waals surface area contributed by atoms with Crippen molar-refractivity contribution in [2.24, 2.45) is 0 Å². The Labute approximate surface area is 155 Å². The minimum atomic E-state index is -0.564. The van der Waals surface area contributed by atoms with Gasteiger partial charge in [-0.25, -0.2) is 0 Å². The number of hydrogen-bond donors (Lipinski definition) is 2. The van der Waals surface area contributed by atoms with Gasteiger partial charge in [-0.2, -0.15) is 0 Å². The number of carbonyl (C=O) groups excluding carboxylic acids is 1. The van der Waals surface area contributed by atoms with E-state index in [2.05, 4.69) is 5.32 Å². The number of nitrogen functional groups attached to an aromatic ring is 1. The van der Waals surface area contributed by atoms with Crippen molar-refractivity contribution in [1.29, 1.82) is 0 Å². The molecule has 7 heteroatoms. The predicted octanol–water partition coefficient (Wildman–Crippen LogP) is 3.38. The van der Waals surface area contributed by atoms with E-state index >= 15 is 0 Å². The first-order chi connectivity index (χ1) is 11.4. The maximum Gasteiger partial charge on any atom is 0.492 e. The lowest BCUT2D eigenvalue weighted by atomic mass is 9.77. The van der Waals surface area contributed by atoms with E-state index in [0.29, 0.717) is 17.3 Å². The fourth-order valence-corrected chi connectivity index (χ4v) is 2.68. The standard InChI is InChI=1S/C18H26BClN2O3/c1-11-15(21)8-7-13(16(11)20)9-14(10-22-12(2)23)19-24-17(3,4)18(5,6)25-19/h7-9H,10,21H2,1-6H3,(H,22,23). The average Bonchev–Trinajstić information content (AvgIpc) is 2.71. The summed E-state index contributed by atoms with van der Waals surface area (Å²) in [5, 5.41) is 3.39. The summed E-state index contributed by atoms with van der Waals surface area (Å²) in [4.78, 5) is 11.4. The van der Waals surface area contributed by atoms with Gasteiger partial charge in [0.15, 0.2) is 0 Å². The van der Waals surface area contributed by atoms with Gasteiger partial charge in [0.25, 0.3) is 0 Å². The zero-order chi connectivity index (χ0) is 19.0. The summed E-state index contributed by atoms with van der Waals surface area (Å²) in [6.45, 7) is 11.6. The van der Waals surface area contributed by atoms with Crippen molar-refractivity contribution >= 4 is 36.4 Å². The van der Waals surface area contributed by atoms with Crippen LogP contribution in [0.25, 0.3) is 6.08 Å².